The Labute approximate surface area is 217 Å². The highest BCUT2D eigenvalue weighted by Gasteiger charge is 2.47. The van der Waals surface area contributed by atoms with Crippen molar-refractivity contribution in [3.8, 4) is 11.4 Å². The van der Waals surface area contributed by atoms with Crippen LogP contribution in [0.25, 0.3) is 5.69 Å². The SMILES string of the molecule is CCc1nc(C(=O)NCC2(O)CCC(C)CC2)c(F)n1-c1ccc(CC(C)(C)C(F)(F)F)cc1OC(F)F. The highest BCUT2D eigenvalue weighted by molar-refractivity contribution is 5.92. The Morgan fingerprint density at radius 1 is 1.26 bits per heavy atom. The number of rotatable bonds is 9. The van der Waals surface area contributed by atoms with E-state index in [4.69, 9.17) is 0 Å². The molecule has 3 rings (SSSR count). The Morgan fingerprint density at radius 2 is 1.89 bits per heavy atom. The van der Waals surface area contributed by atoms with Crippen molar-refractivity contribution >= 4 is 5.91 Å². The van der Waals surface area contributed by atoms with E-state index < -0.39 is 53.5 Å². The summed E-state index contributed by atoms with van der Waals surface area (Å²) in [6.07, 6.45) is -2.43. The van der Waals surface area contributed by atoms with Gasteiger partial charge >= 0.3 is 12.8 Å². The van der Waals surface area contributed by atoms with Gasteiger partial charge in [0.25, 0.3) is 5.91 Å². The number of amides is 1. The minimum absolute atomic E-state index is 0.0142. The lowest BCUT2D eigenvalue weighted by atomic mass is 9.79. The van der Waals surface area contributed by atoms with E-state index in [1.165, 1.54) is 6.07 Å². The summed E-state index contributed by atoms with van der Waals surface area (Å²) in [4.78, 5) is 16.8. The first-order valence-electron chi connectivity index (χ1n) is 12.5. The quantitative estimate of drug-likeness (QED) is 0.378. The van der Waals surface area contributed by atoms with Gasteiger partial charge in [0, 0.05) is 13.0 Å². The fraction of sp³-hybridized carbons (Fsp3) is 0.615. The molecular formula is C26H33F6N3O3. The molecule has 2 aromatic rings. The minimum atomic E-state index is -4.55. The summed E-state index contributed by atoms with van der Waals surface area (Å²) in [5.41, 5.74) is -4.05. The van der Waals surface area contributed by atoms with Crippen LogP contribution in [0.1, 0.15) is 75.3 Å². The number of carbonyl (C=O) groups excluding carboxylic acids is 1. The monoisotopic (exact) mass is 549 g/mol. The molecule has 1 fully saturated rings. The predicted octanol–water partition coefficient (Wildman–Crippen LogP) is 5.98. The largest absolute Gasteiger partial charge is 0.433 e. The van der Waals surface area contributed by atoms with Gasteiger partial charge in [-0.2, -0.15) is 26.3 Å². The van der Waals surface area contributed by atoms with Crippen LogP contribution in [-0.2, 0) is 12.8 Å². The van der Waals surface area contributed by atoms with Crippen LogP contribution in [0.3, 0.4) is 0 Å². The number of hydrogen-bond donors (Lipinski definition) is 2. The zero-order valence-electron chi connectivity index (χ0n) is 21.8. The highest BCUT2D eigenvalue weighted by Crippen LogP contribution is 2.41. The number of halogens is 6. The second-order valence-electron chi connectivity index (χ2n) is 10.7. The van der Waals surface area contributed by atoms with Crippen molar-refractivity contribution in [2.45, 2.75) is 84.6 Å². The first-order valence-corrected chi connectivity index (χ1v) is 12.5. The molecule has 0 aliphatic heterocycles. The summed E-state index contributed by atoms with van der Waals surface area (Å²) in [5, 5.41) is 13.2. The highest BCUT2D eigenvalue weighted by atomic mass is 19.4. The van der Waals surface area contributed by atoms with Gasteiger partial charge in [-0.05, 0) is 55.7 Å². The Balaban J connectivity index is 1.93. The predicted molar refractivity (Wildman–Crippen MR) is 128 cm³/mol. The van der Waals surface area contributed by atoms with Gasteiger partial charge in [-0.1, -0.05) is 33.8 Å². The molecular weight excluding hydrogens is 516 g/mol. The molecule has 1 amide bonds. The number of carbonyl (C=O) groups is 1. The molecule has 2 N–H and O–H groups in total. The molecule has 0 atom stereocenters. The number of imidazole rings is 1. The summed E-state index contributed by atoms with van der Waals surface area (Å²) < 4.78 is 87.5. The van der Waals surface area contributed by atoms with Gasteiger partial charge in [-0.15, -0.1) is 0 Å². The van der Waals surface area contributed by atoms with E-state index in [1.807, 2.05) is 0 Å². The molecule has 212 valence electrons. The van der Waals surface area contributed by atoms with Crippen LogP contribution in [-0.4, -0.2) is 45.5 Å². The average Bonchev–Trinajstić information content (AvgIpc) is 3.15. The fourth-order valence-electron chi connectivity index (χ4n) is 4.53. The van der Waals surface area contributed by atoms with Crippen molar-refractivity contribution in [2.24, 2.45) is 11.3 Å². The number of ether oxygens (including phenoxy) is 1. The van der Waals surface area contributed by atoms with Crippen LogP contribution >= 0.6 is 0 Å². The molecule has 0 saturated heterocycles. The van der Waals surface area contributed by atoms with Crippen LogP contribution < -0.4 is 10.1 Å². The maximum absolute atomic E-state index is 15.6. The van der Waals surface area contributed by atoms with Crippen LogP contribution in [0.2, 0.25) is 0 Å². The second-order valence-corrected chi connectivity index (χ2v) is 10.7. The van der Waals surface area contributed by atoms with Gasteiger partial charge in [0.15, 0.2) is 11.4 Å². The van der Waals surface area contributed by atoms with Gasteiger partial charge < -0.3 is 15.2 Å². The first kappa shape index (κ1) is 29.8. The van der Waals surface area contributed by atoms with E-state index in [0.717, 1.165) is 43.4 Å². The minimum Gasteiger partial charge on any atom is -0.433 e. The van der Waals surface area contributed by atoms with E-state index in [9.17, 15) is 31.9 Å². The normalized spacial score (nSPS) is 20.6. The summed E-state index contributed by atoms with van der Waals surface area (Å²) in [6, 6.07) is 3.43. The van der Waals surface area contributed by atoms with Crippen molar-refractivity contribution in [3.05, 3.63) is 41.2 Å². The molecule has 1 heterocycles. The molecule has 0 unspecified atom stereocenters. The Morgan fingerprint density at radius 3 is 2.45 bits per heavy atom. The van der Waals surface area contributed by atoms with Crippen LogP contribution in [0.5, 0.6) is 5.75 Å². The Bertz CT molecular complexity index is 1140. The number of nitrogens with one attached hydrogen (secondary N) is 1. The fourth-order valence-corrected chi connectivity index (χ4v) is 4.53. The molecule has 1 aromatic carbocycles. The number of aromatic nitrogens is 2. The summed E-state index contributed by atoms with van der Waals surface area (Å²) in [5.74, 6) is -2.12. The van der Waals surface area contributed by atoms with E-state index in [1.54, 1.807) is 6.92 Å². The van der Waals surface area contributed by atoms with Crippen molar-refractivity contribution in [3.63, 3.8) is 0 Å². The third-order valence-electron chi connectivity index (χ3n) is 7.10. The molecule has 12 heteroatoms. The van der Waals surface area contributed by atoms with Gasteiger partial charge in [0.1, 0.15) is 5.82 Å². The molecule has 38 heavy (non-hydrogen) atoms. The molecule has 1 saturated carbocycles. The summed E-state index contributed by atoms with van der Waals surface area (Å²) in [7, 11) is 0. The molecule has 0 spiro atoms. The lowest BCUT2D eigenvalue weighted by Gasteiger charge is -2.34. The molecule has 0 bridgehead atoms. The van der Waals surface area contributed by atoms with Gasteiger partial charge in [0.05, 0.1) is 16.7 Å². The van der Waals surface area contributed by atoms with E-state index in [0.29, 0.717) is 18.8 Å². The molecule has 1 aliphatic carbocycles. The third kappa shape index (κ3) is 6.62. The average molecular weight is 550 g/mol. The van der Waals surface area contributed by atoms with Crippen LogP contribution in [0.4, 0.5) is 26.3 Å². The maximum atomic E-state index is 15.6. The van der Waals surface area contributed by atoms with E-state index in [2.05, 4.69) is 22.0 Å². The lowest BCUT2D eigenvalue weighted by molar-refractivity contribution is -0.211. The van der Waals surface area contributed by atoms with Gasteiger partial charge in [0.2, 0.25) is 5.95 Å². The van der Waals surface area contributed by atoms with Gasteiger partial charge in [-0.3, -0.25) is 9.36 Å². The summed E-state index contributed by atoms with van der Waals surface area (Å²) in [6.45, 7) is 2.21. The molecule has 1 aliphatic rings. The zero-order valence-corrected chi connectivity index (χ0v) is 21.8. The van der Waals surface area contributed by atoms with Crippen molar-refractivity contribution < 1.29 is 41.0 Å². The summed E-state index contributed by atoms with van der Waals surface area (Å²) >= 11 is 0. The number of nitrogens with zero attached hydrogens (tertiary/aromatic N) is 2. The Kier molecular flexibility index (Phi) is 8.74. The van der Waals surface area contributed by atoms with E-state index >= 15 is 4.39 Å². The zero-order chi connectivity index (χ0) is 28.5. The van der Waals surface area contributed by atoms with Crippen LogP contribution in [0, 0.1) is 17.3 Å². The maximum Gasteiger partial charge on any atom is 0.394 e. The molecule has 1 aromatic heterocycles. The standard InChI is InChI=1S/C26H33F6N3O3/c1-5-19-34-20(22(36)33-14-25(37)10-8-15(2)9-11-25)21(27)35(19)17-7-6-16(12-18(17)38-23(28)29)13-24(3,4)26(30,31)32/h6-7,12,15,23,37H,5,8-11,13-14H2,1-4H3,(H,33,36). The smallest absolute Gasteiger partial charge is 0.394 e. The molecule has 0 radical (unpaired) electrons. The number of aryl methyl sites for hydroxylation is 1. The number of hydrogen-bond acceptors (Lipinski definition) is 4. The van der Waals surface area contributed by atoms with Crippen molar-refractivity contribution in [1.29, 1.82) is 0 Å². The van der Waals surface area contributed by atoms with Crippen molar-refractivity contribution in [1.82, 2.24) is 14.9 Å². The topological polar surface area (TPSA) is 76.4 Å². The third-order valence-corrected chi connectivity index (χ3v) is 7.10. The second kappa shape index (κ2) is 11.2. The van der Waals surface area contributed by atoms with Crippen molar-refractivity contribution in [2.75, 3.05) is 6.54 Å². The van der Waals surface area contributed by atoms with Gasteiger partial charge in [-0.25, -0.2) is 4.98 Å². The number of aliphatic hydroxyl groups is 1. The van der Waals surface area contributed by atoms with Crippen LogP contribution in [0.15, 0.2) is 18.2 Å². The number of alkyl halides is 5. The lowest BCUT2D eigenvalue weighted by Crippen LogP contribution is -2.45. The number of benzene rings is 1. The first-order chi connectivity index (χ1) is 17.6. The Hall–Kier alpha value is -2.76. The van der Waals surface area contributed by atoms with E-state index in [-0.39, 0.29) is 30.0 Å². The molecule has 6 nitrogen and oxygen atoms in total.